The summed E-state index contributed by atoms with van der Waals surface area (Å²) in [6.45, 7) is 0.318. The van der Waals surface area contributed by atoms with Crippen LogP contribution in [0.2, 0.25) is 0 Å². The number of hydrogen-bond donors (Lipinski definition) is 1. The van der Waals surface area contributed by atoms with Crippen LogP contribution < -0.4 is 4.74 Å². The molecule has 0 radical (unpaired) electrons. The third-order valence-electron chi connectivity index (χ3n) is 5.58. The molecule has 2 aromatic carbocycles. The van der Waals surface area contributed by atoms with Crippen LogP contribution in [0.4, 0.5) is 0 Å². The van der Waals surface area contributed by atoms with Gasteiger partial charge in [0.1, 0.15) is 5.75 Å². The van der Waals surface area contributed by atoms with E-state index in [0.29, 0.717) is 23.6 Å². The lowest BCUT2D eigenvalue weighted by molar-refractivity contribution is 0.0592. The molecule has 2 aromatic heterocycles. The van der Waals surface area contributed by atoms with E-state index in [1.54, 1.807) is 25.3 Å². The number of aromatic nitrogens is 2. The molecular formula is C24H18N2O6. The lowest BCUT2D eigenvalue weighted by Crippen LogP contribution is -2.07. The lowest BCUT2D eigenvalue weighted by Gasteiger charge is -2.13. The molecule has 5 rings (SSSR count). The summed E-state index contributed by atoms with van der Waals surface area (Å²) in [6, 6.07) is 12.7. The Kier molecular flexibility index (Phi) is 4.55. The second-order valence-corrected chi connectivity index (χ2v) is 7.31. The average Bonchev–Trinajstić information content (AvgIpc) is 3.39. The average molecular weight is 430 g/mol. The van der Waals surface area contributed by atoms with Crippen molar-refractivity contribution < 1.29 is 28.6 Å². The van der Waals surface area contributed by atoms with Crippen molar-refractivity contribution in [2.45, 2.75) is 6.54 Å². The van der Waals surface area contributed by atoms with E-state index in [4.69, 9.17) is 13.9 Å². The molecule has 0 bridgehead atoms. The summed E-state index contributed by atoms with van der Waals surface area (Å²) in [5.74, 6) is -0.633. The van der Waals surface area contributed by atoms with Gasteiger partial charge in [0.15, 0.2) is 17.8 Å². The van der Waals surface area contributed by atoms with E-state index >= 15 is 0 Å². The van der Waals surface area contributed by atoms with Crippen molar-refractivity contribution in [2.75, 3.05) is 14.2 Å². The predicted octanol–water partition coefficient (Wildman–Crippen LogP) is 4.34. The summed E-state index contributed by atoms with van der Waals surface area (Å²) >= 11 is 0. The second kappa shape index (κ2) is 7.42. The van der Waals surface area contributed by atoms with Crippen LogP contribution in [0.1, 0.15) is 32.2 Å². The van der Waals surface area contributed by atoms with Crippen LogP contribution in [0.3, 0.4) is 0 Å². The van der Waals surface area contributed by atoms with E-state index < -0.39 is 11.9 Å². The number of esters is 1. The van der Waals surface area contributed by atoms with E-state index in [2.05, 4.69) is 4.98 Å². The van der Waals surface area contributed by atoms with Crippen molar-refractivity contribution >= 4 is 34.5 Å². The number of fused-ring (bicyclic) bond motifs is 5. The first kappa shape index (κ1) is 19.6. The molecule has 0 aliphatic carbocycles. The molecular weight excluding hydrogens is 412 g/mol. The number of carbonyl (C=O) groups excluding carboxylic acids is 1. The molecule has 8 heteroatoms. The molecule has 160 valence electrons. The summed E-state index contributed by atoms with van der Waals surface area (Å²) in [6.07, 6.45) is 3.13. The molecule has 1 N–H and O–H groups in total. The first-order chi connectivity index (χ1) is 15.5. The van der Waals surface area contributed by atoms with Gasteiger partial charge in [0.2, 0.25) is 0 Å². The fourth-order valence-electron chi connectivity index (χ4n) is 4.13. The van der Waals surface area contributed by atoms with Crippen LogP contribution in [0.5, 0.6) is 5.75 Å². The number of allylic oxidation sites excluding steroid dienone is 1. The maximum atomic E-state index is 12.2. The van der Waals surface area contributed by atoms with Gasteiger partial charge in [0.05, 0.1) is 32.0 Å². The molecule has 0 fully saturated rings. The van der Waals surface area contributed by atoms with Crippen LogP contribution in [-0.4, -0.2) is 40.8 Å². The number of aromatic carboxylic acids is 1. The highest BCUT2D eigenvalue weighted by Gasteiger charge is 2.27. The quantitative estimate of drug-likeness (QED) is 0.480. The summed E-state index contributed by atoms with van der Waals surface area (Å²) in [4.78, 5) is 27.9. The Hall–Kier alpha value is -4.33. The number of methoxy groups -OCH3 is 2. The Morgan fingerprint density at radius 2 is 2.00 bits per heavy atom. The number of carboxylic acids is 1. The van der Waals surface area contributed by atoms with Gasteiger partial charge in [0, 0.05) is 22.0 Å². The van der Waals surface area contributed by atoms with Crippen molar-refractivity contribution in [2.24, 2.45) is 0 Å². The Bertz CT molecular complexity index is 1430. The highest BCUT2D eigenvalue weighted by atomic mass is 16.5. The SMILES string of the molecule is COC(=O)c1ncoc1C1=Cc2cccc(OC)c2-c2cc3ccc(C(=O)O)cc3n2C1. The smallest absolute Gasteiger partial charge is 0.360 e. The molecule has 0 unspecified atom stereocenters. The topological polar surface area (TPSA) is 104 Å². The Morgan fingerprint density at radius 3 is 2.75 bits per heavy atom. The van der Waals surface area contributed by atoms with E-state index in [-0.39, 0.29) is 11.3 Å². The van der Waals surface area contributed by atoms with E-state index in [9.17, 15) is 14.7 Å². The van der Waals surface area contributed by atoms with Gasteiger partial charge in [-0.2, -0.15) is 0 Å². The van der Waals surface area contributed by atoms with E-state index in [1.165, 1.54) is 13.5 Å². The van der Waals surface area contributed by atoms with Crippen LogP contribution in [-0.2, 0) is 11.3 Å². The highest BCUT2D eigenvalue weighted by Crippen LogP contribution is 2.42. The van der Waals surface area contributed by atoms with Gasteiger partial charge >= 0.3 is 11.9 Å². The van der Waals surface area contributed by atoms with Gasteiger partial charge in [-0.25, -0.2) is 14.6 Å². The minimum absolute atomic E-state index is 0.0781. The van der Waals surface area contributed by atoms with Crippen LogP contribution in [0.25, 0.3) is 33.8 Å². The number of nitrogens with zero attached hydrogens (tertiary/aromatic N) is 2. The molecule has 0 saturated heterocycles. The summed E-state index contributed by atoms with van der Waals surface area (Å²) in [7, 11) is 2.89. The fourth-order valence-corrected chi connectivity index (χ4v) is 4.13. The zero-order valence-electron chi connectivity index (χ0n) is 17.3. The van der Waals surface area contributed by atoms with Crippen molar-refractivity contribution in [1.29, 1.82) is 0 Å². The number of carbonyl (C=O) groups is 2. The third-order valence-corrected chi connectivity index (χ3v) is 5.58. The normalized spacial score (nSPS) is 12.5. The minimum Gasteiger partial charge on any atom is -0.496 e. The van der Waals surface area contributed by atoms with E-state index in [1.807, 2.05) is 34.9 Å². The minimum atomic E-state index is -1.01. The molecule has 3 heterocycles. The van der Waals surface area contributed by atoms with Gasteiger partial charge in [-0.05, 0) is 35.9 Å². The van der Waals surface area contributed by atoms with Crippen LogP contribution in [0.15, 0.2) is 53.3 Å². The molecule has 4 aromatic rings. The van der Waals surface area contributed by atoms with Gasteiger partial charge in [-0.1, -0.05) is 18.2 Å². The second-order valence-electron chi connectivity index (χ2n) is 7.31. The molecule has 0 spiro atoms. The summed E-state index contributed by atoms with van der Waals surface area (Å²) in [5, 5.41) is 10.4. The zero-order chi connectivity index (χ0) is 22.4. The Labute approximate surface area is 182 Å². The maximum absolute atomic E-state index is 12.2. The van der Waals surface area contributed by atoms with Crippen molar-refractivity contribution in [3.63, 3.8) is 0 Å². The van der Waals surface area contributed by atoms with Gasteiger partial charge < -0.3 is 23.6 Å². The van der Waals surface area contributed by atoms with Crippen LogP contribution >= 0.6 is 0 Å². The Morgan fingerprint density at radius 1 is 1.16 bits per heavy atom. The van der Waals surface area contributed by atoms with Crippen molar-refractivity contribution in [3.8, 4) is 17.0 Å². The number of benzene rings is 2. The van der Waals surface area contributed by atoms with Crippen molar-refractivity contribution in [1.82, 2.24) is 9.55 Å². The first-order valence-corrected chi connectivity index (χ1v) is 9.78. The highest BCUT2D eigenvalue weighted by molar-refractivity contribution is 6.00. The molecule has 0 saturated carbocycles. The van der Waals surface area contributed by atoms with Crippen LogP contribution in [0, 0.1) is 0 Å². The predicted molar refractivity (Wildman–Crippen MR) is 117 cm³/mol. The summed E-state index contributed by atoms with van der Waals surface area (Å²) < 4.78 is 18.1. The number of hydrogen-bond acceptors (Lipinski definition) is 6. The maximum Gasteiger partial charge on any atom is 0.360 e. The number of carboxylic acid groups (broad SMARTS) is 1. The third kappa shape index (κ3) is 2.96. The summed E-state index contributed by atoms with van der Waals surface area (Å²) in [5.41, 5.74) is 4.28. The molecule has 1 aliphatic heterocycles. The largest absolute Gasteiger partial charge is 0.496 e. The number of oxazole rings is 1. The van der Waals surface area contributed by atoms with Gasteiger partial charge in [-0.3, -0.25) is 0 Å². The molecule has 0 amide bonds. The number of rotatable bonds is 4. The number of ether oxygens (including phenoxy) is 2. The molecule has 32 heavy (non-hydrogen) atoms. The molecule has 8 nitrogen and oxygen atoms in total. The van der Waals surface area contributed by atoms with Crippen molar-refractivity contribution in [3.05, 3.63) is 71.4 Å². The monoisotopic (exact) mass is 430 g/mol. The fraction of sp³-hybridized carbons (Fsp3) is 0.125. The van der Waals surface area contributed by atoms with Gasteiger partial charge in [-0.15, -0.1) is 0 Å². The Balaban J connectivity index is 1.82. The molecule has 0 atom stereocenters. The zero-order valence-corrected chi connectivity index (χ0v) is 17.3. The van der Waals surface area contributed by atoms with Gasteiger partial charge in [0.25, 0.3) is 0 Å². The lowest BCUT2D eigenvalue weighted by atomic mass is 10.0. The first-order valence-electron chi connectivity index (χ1n) is 9.78. The standard InChI is InChI=1S/C24H18N2O6/c1-30-19-5-3-4-14-8-16(22-21(24(29)31-2)25-12-32-22)11-26-17-10-15(23(27)28)7-6-13(17)9-18(26)20(14)19/h3-10,12H,11H2,1-2H3,(H,27,28). The molecule has 1 aliphatic rings. The van der Waals surface area contributed by atoms with E-state index in [0.717, 1.165) is 27.7 Å².